The van der Waals surface area contributed by atoms with Gasteiger partial charge in [0.2, 0.25) is 0 Å². The van der Waals surface area contributed by atoms with Crippen LogP contribution in [-0.4, -0.2) is 11.7 Å². The number of hydrogen-bond donors (Lipinski definition) is 0. The number of thiazole rings is 1. The van der Waals surface area contributed by atoms with Crippen LogP contribution < -0.4 is 9.54 Å². The van der Waals surface area contributed by atoms with E-state index >= 15 is 0 Å². The topological polar surface area (TPSA) is 39.7 Å². The summed E-state index contributed by atoms with van der Waals surface area (Å²) in [5.74, 6) is 1.74. The summed E-state index contributed by atoms with van der Waals surface area (Å²) in [5, 5.41) is 2.14. The van der Waals surface area contributed by atoms with Gasteiger partial charge in [-0.2, -0.15) is 0 Å². The Labute approximate surface area is 162 Å². The molecule has 4 nitrogen and oxygen atoms in total. The quantitative estimate of drug-likeness (QED) is 0.467. The Morgan fingerprint density at radius 3 is 2.48 bits per heavy atom. The van der Waals surface area contributed by atoms with Crippen LogP contribution in [0.4, 0.5) is 5.69 Å². The highest BCUT2D eigenvalue weighted by Crippen LogP contribution is 2.24. The molecule has 0 N–H and O–H groups in total. The summed E-state index contributed by atoms with van der Waals surface area (Å²) >= 11 is 1.63. The van der Waals surface area contributed by atoms with E-state index in [0.717, 1.165) is 33.3 Å². The van der Waals surface area contributed by atoms with Gasteiger partial charge in [0.15, 0.2) is 4.80 Å². The molecule has 136 valence electrons. The third-order valence-electron chi connectivity index (χ3n) is 4.34. The van der Waals surface area contributed by atoms with Gasteiger partial charge in [-0.25, -0.2) is 4.99 Å². The molecule has 0 amide bonds. The minimum absolute atomic E-state index is 0.628. The van der Waals surface area contributed by atoms with E-state index in [1.807, 2.05) is 36.4 Å². The zero-order chi connectivity index (χ0) is 18.6. The number of methoxy groups -OCH3 is 1. The maximum Gasteiger partial charge on any atom is 0.190 e. The van der Waals surface area contributed by atoms with Crippen LogP contribution in [0.1, 0.15) is 11.3 Å². The normalized spacial score (nSPS) is 11.7. The summed E-state index contributed by atoms with van der Waals surface area (Å²) < 4.78 is 13.0. The fraction of sp³-hybridized carbons (Fsp3) is 0.136. The van der Waals surface area contributed by atoms with Crippen LogP contribution in [0.5, 0.6) is 5.75 Å². The standard InChI is InChI=1S/C22H20N2O2S/c1-16-5-9-18(10-6-16)23-22-24(14-20-4-3-13-26-20)21(15-27-22)17-7-11-19(25-2)12-8-17/h3-13,15H,14H2,1-2H3. The first-order valence-electron chi connectivity index (χ1n) is 8.69. The molecule has 0 aliphatic carbocycles. The monoisotopic (exact) mass is 376 g/mol. The Bertz CT molecular complexity index is 1070. The van der Waals surface area contributed by atoms with Crippen LogP contribution in [-0.2, 0) is 6.54 Å². The second-order valence-corrected chi connectivity index (χ2v) is 7.08. The molecule has 0 saturated heterocycles. The smallest absolute Gasteiger partial charge is 0.190 e. The minimum Gasteiger partial charge on any atom is -0.497 e. The van der Waals surface area contributed by atoms with Gasteiger partial charge in [-0.15, -0.1) is 11.3 Å². The number of furan rings is 1. The van der Waals surface area contributed by atoms with Crippen LogP contribution >= 0.6 is 11.3 Å². The third-order valence-corrected chi connectivity index (χ3v) is 5.20. The lowest BCUT2D eigenvalue weighted by molar-refractivity contribution is 0.415. The van der Waals surface area contributed by atoms with E-state index in [1.165, 1.54) is 5.56 Å². The SMILES string of the molecule is COc1ccc(-c2csc(=Nc3ccc(C)cc3)n2Cc2ccco2)cc1. The van der Waals surface area contributed by atoms with Crippen LogP contribution in [0.3, 0.4) is 0 Å². The largest absolute Gasteiger partial charge is 0.497 e. The summed E-state index contributed by atoms with van der Waals surface area (Å²) in [6.45, 7) is 2.70. The number of rotatable bonds is 5. The minimum atomic E-state index is 0.628. The Hall–Kier alpha value is -3.05. The molecule has 0 fully saturated rings. The van der Waals surface area contributed by atoms with Gasteiger partial charge in [0.1, 0.15) is 11.5 Å². The van der Waals surface area contributed by atoms with Gasteiger partial charge >= 0.3 is 0 Å². The molecule has 2 heterocycles. The summed E-state index contributed by atoms with van der Waals surface area (Å²) in [5.41, 5.74) is 4.38. The van der Waals surface area contributed by atoms with Crippen molar-refractivity contribution in [1.82, 2.24) is 4.57 Å². The molecule has 0 radical (unpaired) electrons. The first kappa shape index (κ1) is 17.4. The van der Waals surface area contributed by atoms with Crippen molar-refractivity contribution >= 4 is 17.0 Å². The van der Waals surface area contributed by atoms with E-state index in [4.69, 9.17) is 14.1 Å². The van der Waals surface area contributed by atoms with Crippen LogP contribution in [0.2, 0.25) is 0 Å². The van der Waals surface area contributed by atoms with E-state index in [1.54, 1.807) is 24.7 Å². The molecule has 0 atom stereocenters. The van der Waals surface area contributed by atoms with Gasteiger partial charge in [0.05, 0.1) is 31.3 Å². The highest BCUT2D eigenvalue weighted by molar-refractivity contribution is 7.07. The lowest BCUT2D eigenvalue weighted by atomic mass is 10.1. The molecule has 0 bridgehead atoms. The van der Waals surface area contributed by atoms with Gasteiger partial charge < -0.3 is 13.7 Å². The number of aromatic nitrogens is 1. The maximum atomic E-state index is 5.58. The van der Waals surface area contributed by atoms with E-state index < -0.39 is 0 Å². The van der Waals surface area contributed by atoms with Crippen molar-refractivity contribution in [2.45, 2.75) is 13.5 Å². The maximum absolute atomic E-state index is 5.58. The van der Waals surface area contributed by atoms with Crippen molar-refractivity contribution in [3.8, 4) is 17.0 Å². The molecule has 2 aromatic carbocycles. The Morgan fingerprint density at radius 2 is 1.81 bits per heavy atom. The molecule has 0 aliphatic heterocycles. The molecule has 27 heavy (non-hydrogen) atoms. The van der Waals surface area contributed by atoms with Crippen molar-refractivity contribution < 1.29 is 9.15 Å². The zero-order valence-corrected chi connectivity index (χ0v) is 16.1. The number of aryl methyl sites for hydroxylation is 1. The van der Waals surface area contributed by atoms with Gasteiger partial charge in [-0.1, -0.05) is 17.7 Å². The fourth-order valence-corrected chi connectivity index (χ4v) is 3.78. The van der Waals surface area contributed by atoms with E-state index in [2.05, 4.69) is 41.1 Å². The van der Waals surface area contributed by atoms with Gasteiger partial charge in [0.25, 0.3) is 0 Å². The average molecular weight is 376 g/mol. The van der Waals surface area contributed by atoms with E-state index in [0.29, 0.717) is 6.54 Å². The fourth-order valence-electron chi connectivity index (χ4n) is 2.85. The molecule has 0 saturated carbocycles. The lowest BCUT2D eigenvalue weighted by Gasteiger charge is -2.08. The summed E-state index contributed by atoms with van der Waals surface area (Å²) in [4.78, 5) is 5.79. The molecule has 4 rings (SSSR count). The molecule has 4 aromatic rings. The Balaban J connectivity index is 1.81. The predicted octanol–water partition coefficient (Wildman–Crippen LogP) is 5.41. The van der Waals surface area contributed by atoms with Gasteiger partial charge in [-0.3, -0.25) is 0 Å². The lowest BCUT2D eigenvalue weighted by Crippen LogP contribution is -2.16. The van der Waals surface area contributed by atoms with Crippen LogP contribution in [0, 0.1) is 6.92 Å². The van der Waals surface area contributed by atoms with E-state index in [9.17, 15) is 0 Å². The molecular formula is C22H20N2O2S. The van der Waals surface area contributed by atoms with Crippen LogP contribution in [0.15, 0.2) is 81.7 Å². The first-order valence-corrected chi connectivity index (χ1v) is 9.57. The van der Waals surface area contributed by atoms with Crippen molar-refractivity contribution in [3.63, 3.8) is 0 Å². The molecule has 2 aromatic heterocycles. The van der Waals surface area contributed by atoms with Crippen LogP contribution in [0.25, 0.3) is 11.3 Å². The number of benzene rings is 2. The highest BCUT2D eigenvalue weighted by atomic mass is 32.1. The third kappa shape index (κ3) is 3.88. The number of ether oxygens (including phenoxy) is 1. The number of hydrogen-bond acceptors (Lipinski definition) is 4. The molecular weight excluding hydrogens is 356 g/mol. The molecule has 0 aliphatic rings. The zero-order valence-electron chi connectivity index (χ0n) is 15.3. The van der Waals surface area contributed by atoms with Crippen molar-refractivity contribution in [3.05, 3.63) is 88.4 Å². The summed E-state index contributed by atoms with van der Waals surface area (Å²) in [6.07, 6.45) is 1.70. The van der Waals surface area contributed by atoms with Gasteiger partial charge in [0, 0.05) is 5.38 Å². The second-order valence-electron chi connectivity index (χ2n) is 6.24. The Morgan fingerprint density at radius 1 is 1.04 bits per heavy atom. The summed E-state index contributed by atoms with van der Waals surface area (Å²) in [7, 11) is 1.68. The van der Waals surface area contributed by atoms with Crippen molar-refractivity contribution in [2.75, 3.05) is 7.11 Å². The van der Waals surface area contributed by atoms with Crippen molar-refractivity contribution in [1.29, 1.82) is 0 Å². The first-order chi connectivity index (χ1) is 13.2. The second kappa shape index (κ2) is 7.68. The average Bonchev–Trinajstić information content (AvgIpc) is 3.35. The van der Waals surface area contributed by atoms with E-state index in [-0.39, 0.29) is 0 Å². The molecule has 0 unspecified atom stereocenters. The number of nitrogens with zero attached hydrogens (tertiary/aromatic N) is 2. The molecule has 5 heteroatoms. The summed E-state index contributed by atoms with van der Waals surface area (Å²) in [6, 6.07) is 20.2. The highest BCUT2D eigenvalue weighted by Gasteiger charge is 2.10. The van der Waals surface area contributed by atoms with Crippen molar-refractivity contribution in [2.24, 2.45) is 4.99 Å². The predicted molar refractivity (Wildman–Crippen MR) is 109 cm³/mol. The Kier molecular flexibility index (Phi) is 4.94. The van der Waals surface area contributed by atoms with Gasteiger partial charge in [-0.05, 0) is 61.0 Å². The molecule has 0 spiro atoms.